The van der Waals surface area contributed by atoms with Gasteiger partial charge in [0.15, 0.2) is 0 Å². The summed E-state index contributed by atoms with van der Waals surface area (Å²) in [7, 11) is 3.40. The number of hydrogen-bond donors (Lipinski definition) is 3. The van der Waals surface area contributed by atoms with Crippen LogP contribution in [0.25, 0.3) is 0 Å². The third-order valence-electron chi connectivity index (χ3n) is 2.72. The fourth-order valence-electron chi connectivity index (χ4n) is 1.49. The summed E-state index contributed by atoms with van der Waals surface area (Å²) >= 11 is 0. The zero-order chi connectivity index (χ0) is 15.8. The van der Waals surface area contributed by atoms with Crippen LogP contribution in [-0.2, 0) is 20.8 Å². The van der Waals surface area contributed by atoms with E-state index in [0.29, 0.717) is 12.1 Å². The molecular formula is C14H20N4O3. The molecule has 0 atom stereocenters. The third-order valence-corrected chi connectivity index (χ3v) is 2.72. The molecule has 0 heterocycles. The summed E-state index contributed by atoms with van der Waals surface area (Å²) in [6.45, 7) is -0.279. The minimum atomic E-state index is -0.386. The topological polar surface area (TPSA) is 105 Å². The first-order valence-electron chi connectivity index (χ1n) is 6.48. The minimum Gasteiger partial charge on any atom is -0.349 e. The summed E-state index contributed by atoms with van der Waals surface area (Å²) in [5.41, 5.74) is 6.58. The molecule has 0 radical (unpaired) electrons. The van der Waals surface area contributed by atoms with Crippen molar-refractivity contribution in [2.45, 2.75) is 6.42 Å². The number of hydrogen-bond acceptors (Lipinski definition) is 4. The second-order valence-corrected chi connectivity index (χ2v) is 4.69. The first-order valence-corrected chi connectivity index (χ1v) is 6.48. The van der Waals surface area contributed by atoms with Crippen molar-refractivity contribution in [3.05, 3.63) is 29.8 Å². The Morgan fingerprint density at radius 1 is 1.10 bits per heavy atom. The minimum absolute atomic E-state index is 0.0104. The molecule has 0 aliphatic heterocycles. The number of carbonyl (C=O) groups excluding carboxylic acids is 3. The number of nitrogens with zero attached hydrogens (tertiary/aromatic N) is 1. The van der Waals surface area contributed by atoms with E-state index in [9.17, 15) is 14.4 Å². The molecule has 21 heavy (non-hydrogen) atoms. The first kappa shape index (κ1) is 16.6. The van der Waals surface area contributed by atoms with Crippen molar-refractivity contribution in [1.29, 1.82) is 0 Å². The lowest BCUT2D eigenvalue weighted by Gasteiger charge is -2.10. The van der Waals surface area contributed by atoms with Crippen LogP contribution in [0.2, 0.25) is 0 Å². The van der Waals surface area contributed by atoms with Crippen molar-refractivity contribution in [2.24, 2.45) is 5.73 Å². The van der Waals surface area contributed by atoms with Crippen molar-refractivity contribution in [1.82, 2.24) is 10.2 Å². The van der Waals surface area contributed by atoms with E-state index in [1.165, 1.54) is 4.90 Å². The van der Waals surface area contributed by atoms with Crippen molar-refractivity contribution in [3.63, 3.8) is 0 Å². The SMILES string of the molecule is CN(C)C(=O)Cc1ccc(NC(=O)CNC(=O)CN)cc1. The van der Waals surface area contributed by atoms with E-state index in [4.69, 9.17) is 5.73 Å². The van der Waals surface area contributed by atoms with Crippen LogP contribution in [0.1, 0.15) is 5.56 Å². The van der Waals surface area contributed by atoms with E-state index in [-0.39, 0.29) is 30.8 Å². The van der Waals surface area contributed by atoms with Crippen LogP contribution >= 0.6 is 0 Å². The highest BCUT2D eigenvalue weighted by Crippen LogP contribution is 2.10. The normalized spacial score (nSPS) is 9.86. The van der Waals surface area contributed by atoms with E-state index in [1.54, 1.807) is 38.4 Å². The lowest BCUT2D eigenvalue weighted by molar-refractivity contribution is -0.128. The molecule has 0 aliphatic rings. The molecule has 0 saturated heterocycles. The fraction of sp³-hybridized carbons (Fsp3) is 0.357. The van der Waals surface area contributed by atoms with Crippen LogP contribution in [0.3, 0.4) is 0 Å². The Morgan fingerprint density at radius 3 is 2.24 bits per heavy atom. The van der Waals surface area contributed by atoms with Gasteiger partial charge in [-0.25, -0.2) is 0 Å². The molecule has 0 saturated carbocycles. The van der Waals surface area contributed by atoms with Gasteiger partial charge in [-0.2, -0.15) is 0 Å². The molecule has 0 aromatic heterocycles. The Morgan fingerprint density at radius 2 is 1.71 bits per heavy atom. The highest BCUT2D eigenvalue weighted by atomic mass is 16.2. The smallest absolute Gasteiger partial charge is 0.243 e. The molecule has 0 spiro atoms. The van der Waals surface area contributed by atoms with Gasteiger partial charge in [-0.15, -0.1) is 0 Å². The summed E-state index contributed by atoms with van der Waals surface area (Å²) in [5.74, 6) is -0.715. The van der Waals surface area contributed by atoms with Crippen LogP contribution in [0, 0.1) is 0 Å². The maximum Gasteiger partial charge on any atom is 0.243 e. The number of amides is 3. The van der Waals surface area contributed by atoms with Crippen molar-refractivity contribution in [3.8, 4) is 0 Å². The number of nitrogens with two attached hydrogens (primary N) is 1. The number of benzene rings is 1. The van der Waals surface area contributed by atoms with Gasteiger partial charge in [-0.05, 0) is 17.7 Å². The molecular weight excluding hydrogens is 272 g/mol. The van der Waals surface area contributed by atoms with Gasteiger partial charge in [-0.3, -0.25) is 14.4 Å². The maximum absolute atomic E-state index is 11.6. The predicted molar refractivity (Wildman–Crippen MR) is 79.5 cm³/mol. The van der Waals surface area contributed by atoms with E-state index in [2.05, 4.69) is 10.6 Å². The molecule has 1 aromatic rings. The molecule has 1 aromatic carbocycles. The van der Waals surface area contributed by atoms with Crippen LogP contribution in [0.15, 0.2) is 24.3 Å². The summed E-state index contributed by atoms with van der Waals surface area (Å²) in [6.07, 6.45) is 0.313. The zero-order valence-electron chi connectivity index (χ0n) is 12.2. The van der Waals surface area contributed by atoms with Gasteiger partial charge in [0.1, 0.15) is 0 Å². The Hall–Kier alpha value is -2.41. The summed E-state index contributed by atoms with van der Waals surface area (Å²) in [6, 6.07) is 6.97. The van der Waals surface area contributed by atoms with Gasteiger partial charge in [0, 0.05) is 19.8 Å². The lowest BCUT2D eigenvalue weighted by atomic mass is 10.1. The number of carbonyl (C=O) groups is 3. The Labute approximate surface area is 123 Å². The average Bonchev–Trinajstić information content (AvgIpc) is 2.46. The van der Waals surface area contributed by atoms with E-state index >= 15 is 0 Å². The molecule has 3 amide bonds. The quantitative estimate of drug-likeness (QED) is 0.647. The van der Waals surface area contributed by atoms with Crippen molar-refractivity contribution < 1.29 is 14.4 Å². The molecule has 0 unspecified atom stereocenters. The predicted octanol–water partition coefficient (Wildman–Crippen LogP) is -0.669. The standard InChI is InChI=1S/C14H20N4O3/c1-18(2)14(21)7-10-3-5-11(6-4-10)17-13(20)9-16-12(19)8-15/h3-6H,7-9,15H2,1-2H3,(H,16,19)(H,17,20). The van der Waals surface area contributed by atoms with E-state index in [1.807, 2.05) is 0 Å². The first-order chi connectivity index (χ1) is 9.92. The largest absolute Gasteiger partial charge is 0.349 e. The molecule has 7 heteroatoms. The number of likely N-dealkylation sites (N-methyl/N-ethyl adjacent to an activating group) is 1. The lowest BCUT2D eigenvalue weighted by Crippen LogP contribution is -2.36. The molecule has 1 rings (SSSR count). The van der Waals surface area contributed by atoms with Gasteiger partial charge in [0.25, 0.3) is 0 Å². The Bertz CT molecular complexity index is 511. The van der Waals surface area contributed by atoms with Crippen molar-refractivity contribution >= 4 is 23.4 Å². The molecule has 0 fully saturated rings. The Kier molecular flexibility index (Phi) is 6.35. The third kappa shape index (κ3) is 6.05. The molecule has 0 aliphatic carbocycles. The van der Waals surface area contributed by atoms with Crippen LogP contribution < -0.4 is 16.4 Å². The van der Waals surface area contributed by atoms with Gasteiger partial charge < -0.3 is 21.3 Å². The van der Waals surface area contributed by atoms with Gasteiger partial charge >= 0.3 is 0 Å². The average molecular weight is 292 g/mol. The number of anilines is 1. The summed E-state index contributed by atoms with van der Waals surface area (Å²) in [4.78, 5) is 35.6. The number of nitrogens with one attached hydrogen (secondary N) is 2. The van der Waals surface area contributed by atoms with Gasteiger partial charge in [0.2, 0.25) is 17.7 Å². The van der Waals surface area contributed by atoms with Crippen LogP contribution in [-0.4, -0.2) is 49.8 Å². The zero-order valence-corrected chi connectivity index (χ0v) is 12.2. The van der Waals surface area contributed by atoms with Gasteiger partial charge in [-0.1, -0.05) is 12.1 Å². The van der Waals surface area contributed by atoms with Crippen LogP contribution in [0.5, 0.6) is 0 Å². The summed E-state index contributed by atoms with van der Waals surface area (Å²) < 4.78 is 0. The fourth-order valence-corrected chi connectivity index (χ4v) is 1.49. The number of rotatable bonds is 6. The molecule has 0 bridgehead atoms. The molecule has 7 nitrogen and oxygen atoms in total. The molecule has 4 N–H and O–H groups in total. The van der Waals surface area contributed by atoms with Gasteiger partial charge in [0.05, 0.1) is 19.5 Å². The molecule has 114 valence electrons. The second kappa shape index (κ2) is 8.01. The van der Waals surface area contributed by atoms with E-state index in [0.717, 1.165) is 5.56 Å². The summed E-state index contributed by atoms with van der Waals surface area (Å²) in [5, 5.41) is 5.01. The highest BCUT2D eigenvalue weighted by Gasteiger charge is 2.07. The maximum atomic E-state index is 11.6. The second-order valence-electron chi connectivity index (χ2n) is 4.69. The highest BCUT2D eigenvalue weighted by molar-refractivity contribution is 5.94. The van der Waals surface area contributed by atoms with E-state index < -0.39 is 0 Å². The van der Waals surface area contributed by atoms with Crippen LogP contribution in [0.4, 0.5) is 5.69 Å². The monoisotopic (exact) mass is 292 g/mol. The Balaban J connectivity index is 2.49. The van der Waals surface area contributed by atoms with Crippen molar-refractivity contribution in [2.75, 3.05) is 32.5 Å².